The van der Waals surface area contributed by atoms with Gasteiger partial charge < -0.3 is 4.42 Å². The predicted molar refractivity (Wildman–Crippen MR) is 44.1 cm³/mol. The van der Waals surface area contributed by atoms with E-state index in [1.807, 2.05) is 0 Å². The van der Waals surface area contributed by atoms with Gasteiger partial charge in [-0.05, 0) is 0 Å². The number of rotatable bonds is 3. The van der Waals surface area contributed by atoms with E-state index in [0.29, 0.717) is 29.8 Å². The zero-order valence-corrected chi connectivity index (χ0v) is 7.32. The lowest BCUT2D eigenvalue weighted by Gasteiger charge is -1.84. The third kappa shape index (κ3) is 1.67. The molecule has 2 heterocycles. The van der Waals surface area contributed by atoms with Crippen LogP contribution in [0.3, 0.4) is 0 Å². The summed E-state index contributed by atoms with van der Waals surface area (Å²) < 4.78 is 5.24. The monoisotopic (exact) mass is 199 g/mol. The molecule has 0 bridgehead atoms. The Bertz CT molecular complexity index is 370. The molecule has 1 N–H and O–H groups in total. The van der Waals surface area contributed by atoms with Crippen molar-refractivity contribution in [3.63, 3.8) is 0 Å². The maximum absolute atomic E-state index is 5.51. The average Bonchev–Trinajstić information content (AvgIpc) is 2.70. The van der Waals surface area contributed by atoms with Gasteiger partial charge >= 0.3 is 0 Å². The number of nitrogens with zero attached hydrogens (tertiary/aromatic N) is 4. The van der Waals surface area contributed by atoms with Crippen molar-refractivity contribution in [1.82, 2.24) is 25.6 Å². The largest absolute Gasteiger partial charge is 0.419 e. The highest BCUT2D eigenvalue weighted by molar-refractivity contribution is 6.17. The summed E-state index contributed by atoms with van der Waals surface area (Å²) in [7, 11) is 0. The van der Waals surface area contributed by atoms with Crippen LogP contribution in [0.2, 0.25) is 0 Å². The fraction of sp³-hybridized carbons (Fsp3) is 0.333. The molecule has 0 aliphatic carbocycles. The standard InChI is InChI=1S/C6H6ClN5O/c7-2-1-5-10-11-6(13-5)4-3-8-12-9-4/h3H,1-2H2,(H,8,9,12). The Morgan fingerprint density at radius 3 is 3.08 bits per heavy atom. The van der Waals surface area contributed by atoms with Gasteiger partial charge in [0.25, 0.3) is 5.89 Å². The molecule has 0 fully saturated rings. The third-order valence-corrected chi connectivity index (χ3v) is 1.60. The predicted octanol–water partition coefficient (Wildman–Crippen LogP) is 0.636. The first kappa shape index (κ1) is 8.18. The Balaban J connectivity index is 2.23. The van der Waals surface area contributed by atoms with Crippen LogP contribution < -0.4 is 0 Å². The number of nitrogens with one attached hydrogen (secondary N) is 1. The van der Waals surface area contributed by atoms with Gasteiger partial charge in [0.1, 0.15) is 0 Å². The molecule has 0 atom stereocenters. The fourth-order valence-corrected chi connectivity index (χ4v) is 1.01. The maximum Gasteiger partial charge on any atom is 0.269 e. The summed E-state index contributed by atoms with van der Waals surface area (Å²) in [6.45, 7) is 0. The van der Waals surface area contributed by atoms with Gasteiger partial charge in [-0.25, -0.2) is 0 Å². The normalized spacial score (nSPS) is 10.5. The second-order valence-electron chi connectivity index (χ2n) is 2.30. The number of halogens is 1. The SMILES string of the molecule is ClCCc1nnc(-c2cn[nH]n2)o1. The molecule has 6 nitrogen and oxygen atoms in total. The van der Waals surface area contributed by atoms with Crippen LogP contribution >= 0.6 is 11.6 Å². The minimum atomic E-state index is 0.355. The first-order valence-electron chi connectivity index (χ1n) is 3.64. The minimum absolute atomic E-state index is 0.355. The second kappa shape index (κ2) is 3.53. The van der Waals surface area contributed by atoms with Crippen molar-refractivity contribution < 1.29 is 4.42 Å². The smallest absolute Gasteiger partial charge is 0.269 e. The van der Waals surface area contributed by atoms with E-state index in [0.717, 1.165) is 0 Å². The number of aromatic amines is 1. The molecule has 0 unspecified atom stereocenters. The summed E-state index contributed by atoms with van der Waals surface area (Å²) in [6, 6.07) is 0. The molecular formula is C6H6ClN5O. The Kier molecular flexibility index (Phi) is 2.22. The van der Waals surface area contributed by atoms with E-state index in [1.165, 1.54) is 6.20 Å². The Labute approximate surface area is 78.3 Å². The molecule has 0 saturated carbocycles. The van der Waals surface area contributed by atoms with Crippen molar-refractivity contribution >= 4 is 11.6 Å². The second-order valence-corrected chi connectivity index (χ2v) is 2.67. The number of aryl methyl sites for hydroxylation is 1. The van der Waals surface area contributed by atoms with E-state index in [-0.39, 0.29) is 0 Å². The van der Waals surface area contributed by atoms with Crippen molar-refractivity contribution in [2.75, 3.05) is 5.88 Å². The van der Waals surface area contributed by atoms with E-state index in [4.69, 9.17) is 16.0 Å². The zero-order chi connectivity index (χ0) is 9.10. The molecule has 0 amide bonds. The molecule has 0 aliphatic rings. The molecule has 2 aromatic rings. The highest BCUT2D eigenvalue weighted by Gasteiger charge is 2.09. The summed E-state index contributed by atoms with van der Waals surface area (Å²) in [5.74, 6) is 1.32. The van der Waals surface area contributed by atoms with Crippen molar-refractivity contribution in [3.05, 3.63) is 12.1 Å². The number of aromatic nitrogens is 5. The number of hydrogen-bond donors (Lipinski definition) is 1. The highest BCUT2D eigenvalue weighted by atomic mass is 35.5. The first-order chi connectivity index (χ1) is 6.40. The van der Waals surface area contributed by atoms with Crippen molar-refractivity contribution in [2.24, 2.45) is 0 Å². The lowest BCUT2D eigenvalue weighted by Crippen LogP contribution is -1.84. The van der Waals surface area contributed by atoms with Crippen LogP contribution in [0.4, 0.5) is 0 Å². The molecule has 13 heavy (non-hydrogen) atoms. The van der Waals surface area contributed by atoms with Crippen LogP contribution in [-0.2, 0) is 6.42 Å². The van der Waals surface area contributed by atoms with E-state index in [2.05, 4.69) is 25.6 Å². The number of H-pyrrole nitrogens is 1. The topological polar surface area (TPSA) is 80.5 Å². The van der Waals surface area contributed by atoms with Crippen LogP contribution in [0.25, 0.3) is 11.6 Å². The molecule has 2 rings (SSSR count). The third-order valence-electron chi connectivity index (χ3n) is 1.41. The van der Waals surface area contributed by atoms with Crippen LogP contribution in [-0.4, -0.2) is 31.5 Å². The van der Waals surface area contributed by atoms with Crippen LogP contribution in [0.1, 0.15) is 5.89 Å². The summed E-state index contributed by atoms with van der Waals surface area (Å²) in [4.78, 5) is 0. The lowest BCUT2D eigenvalue weighted by atomic mass is 10.5. The zero-order valence-electron chi connectivity index (χ0n) is 6.57. The summed E-state index contributed by atoms with van der Waals surface area (Å²) in [6.07, 6.45) is 2.07. The van der Waals surface area contributed by atoms with Gasteiger partial charge in [-0.2, -0.15) is 15.4 Å². The number of alkyl halides is 1. The molecule has 0 saturated heterocycles. The van der Waals surface area contributed by atoms with Crippen LogP contribution in [0.5, 0.6) is 0 Å². The minimum Gasteiger partial charge on any atom is -0.419 e. The summed E-state index contributed by atoms with van der Waals surface area (Å²) >= 11 is 5.51. The van der Waals surface area contributed by atoms with Gasteiger partial charge in [-0.1, -0.05) is 0 Å². The van der Waals surface area contributed by atoms with E-state index in [9.17, 15) is 0 Å². The Morgan fingerprint density at radius 2 is 2.38 bits per heavy atom. The molecule has 0 radical (unpaired) electrons. The lowest BCUT2D eigenvalue weighted by molar-refractivity contribution is 0.512. The summed E-state index contributed by atoms with van der Waals surface area (Å²) in [5.41, 5.74) is 0.535. The quantitative estimate of drug-likeness (QED) is 0.734. The molecule has 0 spiro atoms. The molecule has 2 aromatic heterocycles. The molecule has 68 valence electrons. The van der Waals surface area contributed by atoms with Gasteiger partial charge in [-0.3, -0.25) is 0 Å². The van der Waals surface area contributed by atoms with Crippen LogP contribution in [0.15, 0.2) is 10.6 Å². The molecule has 0 aromatic carbocycles. The Hall–Kier alpha value is -1.43. The Morgan fingerprint density at radius 1 is 1.46 bits per heavy atom. The average molecular weight is 200 g/mol. The first-order valence-corrected chi connectivity index (χ1v) is 4.18. The van der Waals surface area contributed by atoms with Crippen molar-refractivity contribution in [1.29, 1.82) is 0 Å². The van der Waals surface area contributed by atoms with Gasteiger partial charge in [0.15, 0.2) is 5.69 Å². The molecule has 7 heteroatoms. The highest BCUT2D eigenvalue weighted by Crippen LogP contribution is 2.13. The molecule has 0 aliphatic heterocycles. The van der Waals surface area contributed by atoms with Gasteiger partial charge in [0.05, 0.1) is 6.20 Å². The summed E-state index contributed by atoms with van der Waals surface area (Å²) in [5, 5.41) is 17.4. The van der Waals surface area contributed by atoms with Crippen molar-refractivity contribution in [2.45, 2.75) is 6.42 Å². The number of hydrogen-bond acceptors (Lipinski definition) is 5. The van der Waals surface area contributed by atoms with Gasteiger partial charge in [0, 0.05) is 12.3 Å². The van der Waals surface area contributed by atoms with Gasteiger partial charge in [-0.15, -0.1) is 21.8 Å². The molecular weight excluding hydrogens is 194 g/mol. The van der Waals surface area contributed by atoms with E-state index in [1.54, 1.807) is 0 Å². The van der Waals surface area contributed by atoms with E-state index >= 15 is 0 Å². The van der Waals surface area contributed by atoms with Crippen LogP contribution in [0, 0.1) is 0 Å². The van der Waals surface area contributed by atoms with Crippen molar-refractivity contribution in [3.8, 4) is 11.6 Å². The van der Waals surface area contributed by atoms with Gasteiger partial charge in [0.2, 0.25) is 5.89 Å². The fourth-order valence-electron chi connectivity index (χ4n) is 0.844. The van der Waals surface area contributed by atoms with E-state index < -0.39 is 0 Å². The maximum atomic E-state index is 5.51.